The van der Waals surface area contributed by atoms with Crippen molar-refractivity contribution >= 4 is 11.9 Å². The van der Waals surface area contributed by atoms with Crippen molar-refractivity contribution in [2.75, 3.05) is 20.7 Å². The van der Waals surface area contributed by atoms with E-state index < -0.39 is 0 Å². The third kappa shape index (κ3) is 5.64. The number of amides is 3. The van der Waals surface area contributed by atoms with Gasteiger partial charge in [-0.15, -0.1) is 0 Å². The van der Waals surface area contributed by atoms with Crippen LogP contribution in [0.15, 0.2) is 24.3 Å². The number of benzene rings is 1. The first-order valence-electron chi connectivity index (χ1n) is 9.46. The second-order valence-corrected chi connectivity index (χ2v) is 6.91. The normalized spacial score (nSPS) is 15.8. The maximum absolute atomic E-state index is 12.4. The number of carbonyl (C=O) groups is 2. The van der Waals surface area contributed by atoms with Crippen molar-refractivity contribution in [3.63, 3.8) is 0 Å². The summed E-state index contributed by atoms with van der Waals surface area (Å²) in [5, 5.41) is 5.89. The molecule has 0 aliphatic heterocycles. The summed E-state index contributed by atoms with van der Waals surface area (Å²) < 4.78 is 5.37. The lowest BCUT2D eigenvalue weighted by atomic mass is 9.95. The Kier molecular flexibility index (Phi) is 7.75. The van der Waals surface area contributed by atoms with E-state index in [1.54, 1.807) is 19.1 Å². The summed E-state index contributed by atoms with van der Waals surface area (Å²) in [7, 11) is 3.37. The monoisotopic (exact) mass is 361 g/mol. The Labute approximate surface area is 156 Å². The van der Waals surface area contributed by atoms with Crippen LogP contribution in [-0.4, -0.2) is 43.6 Å². The third-order valence-corrected chi connectivity index (χ3v) is 5.09. The second-order valence-electron chi connectivity index (χ2n) is 6.91. The van der Waals surface area contributed by atoms with Gasteiger partial charge in [-0.05, 0) is 25.8 Å². The average molecular weight is 361 g/mol. The highest BCUT2D eigenvalue weighted by Gasteiger charge is 2.20. The Balaban J connectivity index is 1.76. The lowest BCUT2D eigenvalue weighted by Gasteiger charge is -2.27. The van der Waals surface area contributed by atoms with Crippen molar-refractivity contribution in [1.29, 1.82) is 0 Å². The van der Waals surface area contributed by atoms with Gasteiger partial charge in [-0.25, -0.2) is 4.79 Å². The molecule has 1 aromatic carbocycles. The quantitative estimate of drug-likeness (QED) is 0.783. The van der Waals surface area contributed by atoms with Crippen LogP contribution in [0, 0.1) is 0 Å². The van der Waals surface area contributed by atoms with E-state index in [0.717, 1.165) is 24.2 Å². The molecule has 0 radical (unpaired) electrons. The first-order valence-corrected chi connectivity index (χ1v) is 9.46. The number of carbonyl (C=O) groups excluding carboxylic acids is 2. The molecule has 1 saturated carbocycles. The zero-order valence-electron chi connectivity index (χ0n) is 16.1. The molecule has 1 fully saturated rings. The first-order chi connectivity index (χ1) is 12.5. The van der Waals surface area contributed by atoms with Crippen LogP contribution >= 0.6 is 0 Å². The molecule has 1 aliphatic carbocycles. The number of para-hydroxylation sites is 1. The predicted molar refractivity (Wildman–Crippen MR) is 102 cm³/mol. The van der Waals surface area contributed by atoms with E-state index in [2.05, 4.69) is 10.6 Å². The fourth-order valence-electron chi connectivity index (χ4n) is 3.35. The highest BCUT2D eigenvalue weighted by atomic mass is 16.5. The zero-order valence-corrected chi connectivity index (χ0v) is 16.1. The SMILES string of the molecule is COc1ccccc1C(C)N(C)C(=O)NCCC(=O)NC1CCCCC1. The largest absolute Gasteiger partial charge is 0.496 e. The van der Waals surface area contributed by atoms with Gasteiger partial charge in [0.2, 0.25) is 5.91 Å². The van der Waals surface area contributed by atoms with Gasteiger partial charge in [-0.3, -0.25) is 4.79 Å². The molecule has 2 rings (SSSR count). The van der Waals surface area contributed by atoms with Gasteiger partial charge in [0.05, 0.1) is 13.2 Å². The van der Waals surface area contributed by atoms with Crippen LogP contribution in [-0.2, 0) is 4.79 Å². The number of hydrogen-bond donors (Lipinski definition) is 2. The van der Waals surface area contributed by atoms with E-state index in [1.165, 1.54) is 19.3 Å². The fourth-order valence-corrected chi connectivity index (χ4v) is 3.35. The molecule has 1 aliphatic rings. The molecule has 1 unspecified atom stereocenters. The van der Waals surface area contributed by atoms with E-state index in [4.69, 9.17) is 4.74 Å². The molecule has 0 bridgehead atoms. The number of ether oxygens (including phenoxy) is 1. The molecule has 2 N–H and O–H groups in total. The van der Waals surface area contributed by atoms with Gasteiger partial charge in [0.15, 0.2) is 0 Å². The number of urea groups is 1. The number of hydrogen-bond acceptors (Lipinski definition) is 3. The van der Waals surface area contributed by atoms with Crippen molar-refractivity contribution < 1.29 is 14.3 Å². The summed E-state index contributed by atoms with van der Waals surface area (Å²) in [5.74, 6) is 0.768. The summed E-state index contributed by atoms with van der Waals surface area (Å²) in [6.45, 7) is 2.29. The van der Waals surface area contributed by atoms with Gasteiger partial charge in [-0.1, -0.05) is 37.5 Å². The average Bonchev–Trinajstić information content (AvgIpc) is 2.67. The molecular formula is C20H31N3O3. The first kappa shape index (κ1) is 20.1. The zero-order chi connectivity index (χ0) is 18.9. The molecule has 3 amide bonds. The number of rotatable bonds is 7. The van der Waals surface area contributed by atoms with Crippen molar-refractivity contribution in [3.05, 3.63) is 29.8 Å². The topological polar surface area (TPSA) is 70.7 Å². The molecule has 0 heterocycles. The summed E-state index contributed by atoms with van der Waals surface area (Å²) in [4.78, 5) is 26.0. The van der Waals surface area contributed by atoms with Crippen LogP contribution in [0.3, 0.4) is 0 Å². The van der Waals surface area contributed by atoms with Crippen molar-refractivity contribution in [2.45, 2.75) is 57.5 Å². The van der Waals surface area contributed by atoms with Crippen LogP contribution in [0.25, 0.3) is 0 Å². The third-order valence-electron chi connectivity index (χ3n) is 5.09. The predicted octanol–water partition coefficient (Wildman–Crippen LogP) is 3.24. The van der Waals surface area contributed by atoms with E-state index in [-0.39, 0.29) is 18.0 Å². The highest BCUT2D eigenvalue weighted by molar-refractivity contribution is 5.78. The molecule has 0 aromatic heterocycles. The summed E-state index contributed by atoms with van der Waals surface area (Å²) in [6, 6.07) is 7.63. The lowest BCUT2D eigenvalue weighted by molar-refractivity contribution is -0.121. The van der Waals surface area contributed by atoms with Crippen molar-refractivity contribution in [1.82, 2.24) is 15.5 Å². The Morgan fingerprint density at radius 3 is 2.62 bits per heavy atom. The van der Waals surface area contributed by atoms with Gasteiger partial charge in [0, 0.05) is 31.6 Å². The van der Waals surface area contributed by atoms with Crippen LogP contribution in [0.5, 0.6) is 5.75 Å². The summed E-state index contributed by atoms with van der Waals surface area (Å²) in [6.07, 6.45) is 6.08. The van der Waals surface area contributed by atoms with Crippen LogP contribution < -0.4 is 15.4 Å². The van der Waals surface area contributed by atoms with Gasteiger partial charge < -0.3 is 20.3 Å². The Bertz CT molecular complexity index is 600. The minimum Gasteiger partial charge on any atom is -0.496 e. The Morgan fingerprint density at radius 2 is 1.92 bits per heavy atom. The molecule has 0 spiro atoms. The molecule has 1 aromatic rings. The minimum atomic E-state index is -0.200. The number of nitrogens with zero attached hydrogens (tertiary/aromatic N) is 1. The molecular weight excluding hydrogens is 330 g/mol. The maximum Gasteiger partial charge on any atom is 0.317 e. The highest BCUT2D eigenvalue weighted by Crippen LogP contribution is 2.27. The van der Waals surface area contributed by atoms with Crippen LogP contribution in [0.4, 0.5) is 4.79 Å². The van der Waals surface area contributed by atoms with Gasteiger partial charge in [-0.2, -0.15) is 0 Å². The molecule has 144 valence electrons. The lowest BCUT2D eigenvalue weighted by Crippen LogP contribution is -2.41. The van der Waals surface area contributed by atoms with Gasteiger partial charge >= 0.3 is 6.03 Å². The Hall–Kier alpha value is -2.24. The van der Waals surface area contributed by atoms with Crippen molar-refractivity contribution in [3.8, 4) is 5.75 Å². The van der Waals surface area contributed by atoms with Gasteiger partial charge in [0.25, 0.3) is 0 Å². The summed E-state index contributed by atoms with van der Waals surface area (Å²) in [5.41, 5.74) is 0.947. The van der Waals surface area contributed by atoms with Crippen molar-refractivity contribution in [2.24, 2.45) is 0 Å². The maximum atomic E-state index is 12.4. The van der Waals surface area contributed by atoms with E-state index >= 15 is 0 Å². The fraction of sp³-hybridized carbons (Fsp3) is 0.600. The standard InChI is InChI=1S/C20H31N3O3/c1-15(17-11-7-8-12-18(17)26-3)23(2)20(25)21-14-13-19(24)22-16-9-5-4-6-10-16/h7-8,11-12,15-16H,4-6,9-10,13-14H2,1-3H3,(H,21,25)(H,22,24). The molecule has 6 nitrogen and oxygen atoms in total. The molecule has 0 saturated heterocycles. The second kappa shape index (κ2) is 10.0. The minimum absolute atomic E-state index is 0.0117. The van der Waals surface area contributed by atoms with E-state index in [0.29, 0.717) is 19.0 Å². The van der Waals surface area contributed by atoms with Crippen LogP contribution in [0.2, 0.25) is 0 Å². The summed E-state index contributed by atoms with van der Waals surface area (Å²) >= 11 is 0. The van der Waals surface area contributed by atoms with E-state index in [1.807, 2.05) is 31.2 Å². The van der Waals surface area contributed by atoms with Crippen LogP contribution in [0.1, 0.15) is 57.1 Å². The van der Waals surface area contributed by atoms with Gasteiger partial charge in [0.1, 0.15) is 5.75 Å². The number of methoxy groups -OCH3 is 1. The van der Waals surface area contributed by atoms with E-state index in [9.17, 15) is 9.59 Å². The smallest absolute Gasteiger partial charge is 0.317 e. The molecule has 26 heavy (non-hydrogen) atoms. The Morgan fingerprint density at radius 1 is 1.23 bits per heavy atom. The molecule has 1 atom stereocenters. The number of nitrogens with one attached hydrogen (secondary N) is 2. The molecule has 6 heteroatoms.